The number of cyclic esters (lactones) is 2. The fraction of sp³-hybridized carbons (Fsp3) is 0.818. The van der Waals surface area contributed by atoms with Gasteiger partial charge in [-0.1, -0.05) is 0 Å². The predicted octanol–water partition coefficient (Wildman–Crippen LogP) is -0.278. The molecule has 0 radical (unpaired) electrons. The Morgan fingerprint density at radius 3 is 2.21 bits per heavy atom. The molecule has 0 saturated carbocycles. The quantitative estimate of drug-likeness (QED) is 0.400. The normalized spacial score (nSPS) is 40.7. The van der Waals surface area contributed by atoms with Crippen molar-refractivity contribution < 1.29 is 32.3 Å². The van der Waals surface area contributed by atoms with Crippen molar-refractivity contribution in [2.24, 2.45) is 11.8 Å². The largest absolute Gasteiger partial charge is 0.506 e. The van der Waals surface area contributed by atoms with Gasteiger partial charge in [-0.3, -0.25) is 9.59 Å². The van der Waals surface area contributed by atoms with E-state index >= 15 is 0 Å². The van der Waals surface area contributed by atoms with Gasteiger partial charge in [-0.25, -0.2) is 0 Å². The number of fused-ring (bicyclic) bond motifs is 5. The molecule has 19 heavy (non-hydrogen) atoms. The Morgan fingerprint density at radius 2 is 1.63 bits per heavy atom. The van der Waals surface area contributed by atoms with Gasteiger partial charge in [-0.2, -0.15) is 0 Å². The maximum atomic E-state index is 11.8. The predicted molar refractivity (Wildman–Crippen MR) is 61.9 cm³/mol. The minimum absolute atomic E-state index is 0.141. The van der Waals surface area contributed by atoms with E-state index in [1.165, 1.54) is 21.3 Å². The Bertz CT molecular complexity index is 413. The van der Waals surface area contributed by atoms with Crippen LogP contribution in [0.1, 0.15) is 6.42 Å². The summed E-state index contributed by atoms with van der Waals surface area (Å²) in [4.78, 5) is 23.4. The van der Waals surface area contributed by atoms with Crippen LogP contribution in [0.5, 0.6) is 0 Å². The number of ether oxygens (including phenoxy) is 2. The maximum Gasteiger partial charge on any atom is 0.506 e. The molecule has 8 heteroatoms. The molecule has 0 aromatic heterocycles. The Morgan fingerprint density at radius 1 is 1.05 bits per heavy atom. The lowest BCUT2D eigenvalue weighted by Gasteiger charge is -2.35. The van der Waals surface area contributed by atoms with Crippen LogP contribution in [0.2, 0.25) is 5.54 Å². The highest BCUT2D eigenvalue weighted by Crippen LogP contribution is 2.55. The summed E-state index contributed by atoms with van der Waals surface area (Å²) < 4.78 is 26.9. The molecular formula is C11H16O7Si. The summed E-state index contributed by atoms with van der Waals surface area (Å²) >= 11 is 0. The maximum absolute atomic E-state index is 11.8. The molecule has 5 atom stereocenters. The molecule has 3 saturated heterocycles. The fourth-order valence-corrected chi connectivity index (χ4v) is 6.22. The van der Waals surface area contributed by atoms with Gasteiger partial charge < -0.3 is 22.8 Å². The van der Waals surface area contributed by atoms with Crippen molar-refractivity contribution in [1.82, 2.24) is 0 Å². The minimum Gasteiger partial charge on any atom is -0.393 e. The molecule has 0 spiro atoms. The second-order valence-electron chi connectivity index (χ2n) is 4.99. The van der Waals surface area contributed by atoms with E-state index in [-0.39, 0.29) is 11.6 Å². The van der Waals surface area contributed by atoms with E-state index in [1.807, 2.05) is 0 Å². The first kappa shape index (κ1) is 13.2. The van der Waals surface area contributed by atoms with Gasteiger partial charge in [0.25, 0.3) is 0 Å². The van der Waals surface area contributed by atoms with Gasteiger partial charge in [0.2, 0.25) is 0 Å². The number of carbonyl (C=O) groups is 2. The summed E-state index contributed by atoms with van der Waals surface area (Å²) in [5, 5.41) is 0. The van der Waals surface area contributed by atoms with E-state index in [1.54, 1.807) is 0 Å². The molecule has 7 nitrogen and oxygen atoms in total. The molecule has 0 aromatic carbocycles. The molecule has 3 heterocycles. The van der Waals surface area contributed by atoms with Crippen molar-refractivity contribution in [2.45, 2.75) is 24.2 Å². The Balaban J connectivity index is 1.90. The van der Waals surface area contributed by atoms with Gasteiger partial charge in [0.15, 0.2) is 0 Å². The third kappa shape index (κ3) is 1.58. The van der Waals surface area contributed by atoms with Crippen LogP contribution >= 0.6 is 0 Å². The van der Waals surface area contributed by atoms with Gasteiger partial charge in [-0.15, -0.1) is 0 Å². The van der Waals surface area contributed by atoms with Crippen LogP contribution in [-0.2, 0) is 32.3 Å². The van der Waals surface area contributed by atoms with E-state index < -0.39 is 38.7 Å². The molecule has 3 fully saturated rings. The van der Waals surface area contributed by atoms with Crippen LogP contribution in [-0.4, -0.2) is 54.3 Å². The molecule has 1 unspecified atom stereocenters. The third-order valence-corrected chi connectivity index (χ3v) is 7.59. The monoisotopic (exact) mass is 288 g/mol. The first-order valence-electron chi connectivity index (χ1n) is 6.14. The molecule has 0 amide bonds. The third-order valence-electron chi connectivity index (χ3n) is 4.41. The molecule has 3 aliphatic heterocycles. The van der Waals surface area contributed by atoms with E-state index in [2.05, 4.69) is 0 Å². The molecule has 106 valence electrons. The second kappa shape index (κ2) is 4.35. The number of hydrogen-bond donors (Lipinski definition) is 0. The fourth-order valence-electron chi connectivity index (χ4n) is 3.60. The summed E-state index contributed by atoms with van der Waals surface area (Å²) in [7, 11) is 1.69. The summed E-state index contributed by atoms with van der Waals surface area (Å²) in [5.74, 6) is -1.98. The zero-order valence-electron chi connectivity index (χ0n) is 11.0. The smallest absolute Gasteiger partial charge is 0.393 e. The average molecular weight is 288 g/mol. The molecule has 3 rings (SSSR count). The zero-order chi connectivity index (χ0) is 13.8. The number of esters is 2. The van der Waals surface area contributed by atoms with Crippen molar-refractivity contribution in [2.75, 3.05) is 21.3 Å². The van der Waals surface area contributed by atoms with Crippen LogP contribution in [0, 0.1) is 11.8 Å². The molecule has 3 aliphatic rings. The Labute approximate surface area is 111 Å². The average Bonchev–Trinajstić information content (AvgIpc) is 3.06. The summed E-state index contributed by atoms with van der Waals surface area (Å²) in [6.07, 6.45) is -0.123. The molecule has 0 aromatic rings. The topological polar surface area (TPSA) is 80.3 Å². The van der Waals surface area contributed by atoms with Crippen molar-refractivity contribution >= 4 is 20.7 Å². The van der Waals surface area contributed by atoms with Crippen molar-refractivity contribution in [3.05, 3.63) is 0 Å². The summed E-state index contributed by atoms with van der Waals surface area (Å²) in [5.41, 5.74) is -0.141. The molecule has 2 bridgehead atoms. The van der Waals surface area contributed by atoms with Gasteiger partial charge in [0.05, 0.1) is 29.6 Å². The van der Waals surface area contributed by atoms with Crippen LogP contribution < -0.4 is 0 Å². The van der Waals surface area contributed by atoms with E-state index in [9.17, 15) is 9.59 Å². The second-order valence-corrected chi connectivity index (χ2v) is 8.16. The minimum atomic E-state index is -2.89. The lowest BCUT2D eigenvalue weighted by Crippen LogP contribution is -2.53. The summed E-state index contributed by atoms with van der Waals surface area (Å²) in [6, 6.07) is 0. The van der Waals surface area contributed by atoms with Crippen LogP contribution in [0.15, 0.2) is 0 Å². The van der Waals surface area contributed by atoms with Crippen LogP contribution in [0.4, 0.5) is 0 Å². The van der Waals surface area contributed by atoms with E-state index in [0.29, 0.717) is 6.42 Å². The highest BCUT2D eigenvalue weighted by molar-refractivity contribution is 6.62. The van der Waals surface area contributed by atoms with Crippen LogP contribution in [0.3, 0.4) is 0 Å². The zero-order valence-corrected chi connectivity index (χ0v) is 12.0. The van der Waals surface area contributed by atoms with Crippen molar-refractivity contribution in [1.29, 1.82) is 0 Å². The standard InChI is InChI=1S/C11H16O7Si/c1-14-19(15-2,16-3)6-4-5-7-8(9(6)17-5)11(13)18-10(7)12/h5-9H,4H2,1-3H3/t5?,6-,7-,8-,9-/m0/s1. The Kier molecular flexibility index (Phi) is 3.02. The SMILES string of the molecule is CO[Si](OC)(OC)[C@H]1CC2O[C@@H]1[C@H]1C(=O)OC(=O)[C@@H]21. The lowest BCUT2D eigenvalue weighted by molar-refractivity contribution is -0.156. The Hall–Kier alpha value is -0.803. The van der Waals surface area contributed by atoms with Crippen molar-refractivity contribution in [3.8, 4) is 0 Å². The van der Waals surface area contributed by atoms with Gasteiger partial charge >= 0.3 is 20.7 Å². The molecule has 0 N–H and O–H groups in total. The lowest BCUT2D eigenvalue weighted by atomic mass is 9.81. The molecule has 0 aliphatic carbocycles. The first-order chi connectivity index (χ1) is 9.07. The van der Waals surface area contributed by atoms with Crippen LogP contribution in [0.25, 0.3) is 0 Å². The van der Waals surface area contributed by atoms with E-state index in [0.717, 1.165) is 0 Å². The van der Waals surface area contributed by atoms with E-state index in [4.69, 9.17) is 22.8 Å². The summed E-state index contributed by atoms with van der Waals surface area (Å²) in [6.45, 7) is 0. The number of rotatable bonds is 4. The number of carbonyl (C=O) groups excluding carboxylic acids is 2. The van der Waals surface area contributed by atoms with Gasteiger partial charge in [0.1, 0.15) is 0 Å². The molecular weight excluding hydrogens is 272 g/mol. The number of hydrogen-bond acceptors (Lipinski definition) is 7. The van der Waals surface area contributed by atoms with Gasteiger partial charge in [-0.05, 0) is 6.42 Å². The first-order valence-corrected chi connectivity index (χ1v) is 7.94. The highest BCUT2D eigenvalue weighted by Gasteiger charge is 2.70. The van der Waals surface area contributed by atoms with Crippen molar-refractivity contribution in [3.63, 3.8) is 0 Å². The van der Waals surface area contributed by atoms with Gasteiger partial charge in [0, 0.05) is 21.3 Å². The highest BCUT2D eigenvalue weighted by atomic mass is 28.4.